The summed E-state index contributed by atoms with van der Waals surface area (Å²) in [5, 5.41) is 6.19. The Balaban J connectivity index is 1.91. The van der Waals surface area contributed by atoms with Crippen molar-refractivity contribution >= 4 is 16.5 Å². The van der Waals surface area contributed by atoms with Crippen molar-refractivity contribution in [2.24, 2.45) is 0 Å². The van der Waals surface area contributed by atoms with Gasteiger partial charge in [0, 0.05) is 18.1 Å². The van der Waals surface area contributed by atoms with E-state index < -0.39 is 0 Å². The summed E-state index contributed by atoms with van der Waals surface area (Å²) in [5.41, 5.74) is 1.06. The normalized spacial score (nSPS) is 11.3. The first-order valence-electron chi connectivity index (χ1n) is 5.94. The fraction of sp³-hybridized carbons (Fsp3) is 0.357. The van der Waals surface area contributed by atoms with E-state index in [4.69, 9.17) is 4.74 Å². The molecule has 2 rings (SSSR count). The number of ether oxygens (including phenoxy) is 1. The summed E-state index contributed by atoms with van der Waals surface area (Å²) in [6, 6.07) is 8.15. The summed E-state index contributed by atoms with van der Waals surface area (Å²) < 4.78 is 5.78. The van der Waals surface area contributed by atoms with Gasteiger partial charge >= 0.3 is 0 Å². The van der Waals surface area contributed by atoms with Crippen molar-refractivity contribution in [2.75, 3.05) is 5.32 Å². The van der Waals surface area contributed by atoms with E-state index in [1.807, 2.05) is 38.3 Å². The maximum Gasteiger partial charge on any atom is 0.182 e. The largest absolute Gasteiger partial charge is 0.488 e. The van der Waals surface area contributed by atoms with E-state index in [0.29, 0.717) is 0 Å². The van der Waals surface area contributed by atoms with Gasteiger partial charge in [-0.05, 0) is 38.5 Å². The topological polar surface area (TPSA) is 34.1 Å². The summed E-state index contributed by atoms with van der Waals surface area (Å²) in [4.78, 5) is 4.18. The van der Waals surface area contributed by atoms with Gasteiger partial charge in [0.15, 0.2) is 5.13 Å². The molecule has 1 heterocycles. The van der Waals surface area contributed by atoms with Crippen LogP contribution in [-0.4, -0.2) is 10.6 Å². The number of hydrogen-bond acceptors (Lipinski definition) is 4. The minimum Gasteiger partial charge on any atom is -0.488 e. The second-order valence-electron chi connectivity index (χ2n) is 5.05. The number of rotatable bonds is 4. The molecule has 0 unspecified atom stereocenters. The molecule has 1 aromatic carbocycles. The molecule has 3 nitrogen and oxygen atoms in total. The highest BCUT2D eigenvalue weighted by Crippen LogP contribution is 2.19. The summed E-state index contributed by atoms with van der Waals surface area (Å²) in [7, 11) is 0. The Morgan fingerprint density at radius 3 is 2.50 bits per heavy atom. The molecule has 0 radical (unpaired) electrons. The van der Waals surface area contributed by atoms with Crippen molar-refractivity contribution in [1.29, 1.82) is 0 Å². The van der Waals surface area contributed by atoms with Crippen molar-refractivity contribution in [3.05, 3.63) is 41.4 Å². The molecule has 4 heteroatoms. The highest BCUT2D eigenvalue weighted by Gasteiger charge is 2.11. The van der Waals surface area contributed by atoms with Crippen LogP contribution in [0.1, 0.15) is 26.3 Å². The second-order valence-corrected chi connectivity index (χ2v) is 5.94. The van der Waals surface area contributed by atoms with E-state index in [9.17, 15) is 0 Å². The highest BCUT2D eigenvalue weighted by atomic mass is 32.1. The Hall–Kier alpha value is -1.55. The smallest absolute Gasteiger partial charge is 0.182 e. The van der Waals surface area contributed by atoms with E-state index in [0.717, 1.165) is 17.4 Å². The number of nitrogens with one attached hydrogen (secondary N) is 1. The lowest BCUT2D eigenvalue weighted by Gasteiger charge is -2.21. The van der Waals surface area contributed by atoms with Crippen LogP contribution >= 0.6 is 11.3 Å². The van der Waals surface area contributed by atoms with Crippen LogP contribution in [0.3, 0.4) is 0 Å². The van der Waals surface area contributed by atoms with E-state index in [2.05, 4.69) is 22.4 Å². The van der Waals surface area contributed by atoms with Crippen molar-refractivity contribution in [3.63, 3.8) is 0 Å². The molecule has 0 atom stereocenters. The quantitative estimate of drug-likeness (QED) is 0.906. The maximum atomic E-state index is 5.78. The molecule has 0 aliphatic heterocycles. The molecular weight excluding hydrogens is 244 g/mol. The van der Waals surface area contributed by atoms with Gasteiger partial charge in [0.2, 0.25) is 0 Å². The van der Waals surface area contributed by atoms with Crippen LogP contribution in [0, 0.1) is 0 Å². The summed E-state index contributed by atoms with van der Waals surface area (Å²) in [6.07, 6.45) is 1.80. The fourth-order valence-corrected chi connectivity index (χ4v) is 2.05. The number of aromatic nitrogens is 1. The maximum absolute atomic E-state index is 5.78. The third-order valence-corrected chi connectivity index (χ3v) is 2.95. The first-order chi connectivity index (χ1) is 8.53. The first-order valence-corrected chi connectivity index (χ1v) is 6.82. The van der Waals surface area contributed by atoms with Crippen molar-refractivity contribution in [3.8, 4) is 5.75 Å². The molecule has 0 spiro atoms. The zero-order valence-corrected chi connectivity index (χ0v) is 11.8. The zero-order valence-electron chi connectivity index (χ0n) is 10.9. The van der Waals surface area contributed by atoms with Gasteiger partial charge in [0.1, 0.15) is 11.4 Å². The minimum atomic E-state index is -0.152. The predicted molar refractivity (Wildman–Crippen MR) is 76.3 cm³/mol. The van der Waals surface area contributed by atoms with Gasteiger partial charge in [0.05, 0.1) is 0 Å². The number of nitrogens with zero attached hydrogens (tertiary/aromatic N) is 1. The summed E-state index contributed by atoms with van der Waals surface area (Å²) in [5.74, 6) is 0.903. The van der Waals surface area contributed by atoms with E-state index in [1.54, 1.807) is 17.5 Å². The fourth-order valence-electron chi connectivity index (χ4n) is 1.52. The SMILES string of the molecule is CC(C)(C)Oc1ccc(CNc2nccs2)cc1. The third-order valence-electron chi connectivity index (χ3n) is 2.22. The van der Waals surface area contributed by atoms with Crippen LogP contribution in [0.15, 0.2) is 35.8 Å². The average Bonchev–Trinajstić information content (AvgIpc) is 2.79. The van der Waals surface area contributed by atoms with Crippen LogP contribution in [0.2, 0.25) is 0 Å². The highest BCUT2D eigenvalue weighted by molar-refractivity contribution is 7.13. The Kier molecular flexibility index (Phi) is 3.87. The Morgan fingerprint density at radius 1 is 1.22 bits per heavy atom. The molecule has 1 N–H and O–H groups in total. The number of hydrogen-bond donors (Lipinski definition) is 1. The van der Waals surface area contributed by atoms with Gasteiger partial charge in [-0.3, -0.25) is 0 Å². The van der Waals surface area contributed by atoms with Crippen molar-refractivity contribution in [2.45, 2.75) is 32.9 Å². The number of anilines is 1. The summed E-state index contributed by atoms with van der Waals surface area (Å²) in [6.45, 7) is 6.92. The van der Waals surface area contributed by atoms with E-state index in [-0.39, 0.29) is 5.60 Å². The Labute approximate surface area is 112 Å². The zero-order chi connectivity index (χ0) is 13.0. The van der Waals surface area contributed by atoms with Crippen LogP contribution in [0.25, 0.3) is 0 Å². The van der Waals surface area contributed by atoms with Crippen LogP contribution in [-0.2, 0) is 6.54 Å². The summed E-state index contributed by atoms with van der Waals surface area (Å²) >= 11 is 1.61. The molecule has 18 heavy (non-hydrogen) atoms. The number of benzene rings is 1. The molecule has 0 saturated heterocycles. The van der Waals surface area contributed by atoms with Crippen molar-refractivity contribution in [1.82, 2.24) is 4.98 Å². The molecule has 0 aliphatic rings. The average molecular weight is 262 g/mol. The second kappa shape index (κ2) is 5.40. The first kappa shape index (κ1) is 12.9. The molecule has 2 aromatic rings. The standard InChI is InChI=1S/C14H18N2OS/c1-14(2,3)17-12-6-4-11(5-7-12)10-16-13-15-8-9-18-13/h4-9H,10H2,1-3H3,(H,15,16). The van der Waals surface area contributed by atoms with Gasteiger partial charge in [-0.2, -0.15) is 0 Å². The van der Waals surface area contributed by atoms with Gasteiger partial charge in [-0.15, -0.1) is 11.3 Å². The van der Waals surface area contributed by atoms with E-state index >= 15 is 0 Å². The van der Waals surface area contributed by atoms with Gasteiger partial charge < -0.3 is 10.1 Å². The molecule has 96 valence electrons. The Bertz CT molecular complexity index is 471. The van der Waals surface area contributed by atoms with E-state index in [1.165, 1.54) is 5.56 Å². The lowest BCUT2D eigenvalue weighted by molar-refractivity contribution is 0.131. The van der Waals surface area contributed by atoms with Gasteiger partial charge in [-0.1, -0.05) is 12.1 Å². The molecular formula is C14H18N2OS. The lowest BCUT2D eigenvalue weighted by Crippen LogP contribution is -2.22. The molecule has 0 aliphatic carbocycles. The van der Waals surface area contributed by atoms with Gasteiger partial charge in [-0.25, -0.2) is 4.98 Å². The molecule has 0 fully saturated rings. The van der Waals surface area contributed by atoms with Crippen molar-refractivity contribution < 1.29 is 4.74 Å². The molecule has 0 saturated carbocycles. The number of thiazole rings is 1. The lowest BCUT2D eigenvalue weighted by atomic mass is 10.1. The monoisotopic (exact) mass is 262 g/mol. The van der Waals surface area contributed by atoms with Crippen LogP contribution in [0.5, 0.6) is 5.75 Å². The van der Waals surface area contributed by atoms with Crippen LogP contribution in [0.4, 0.5) is 5.13 Å². The van der Waals surface area contributed by atoms with Gasteiger partial charge in [0.25, 0.3) is 0 Å². The molecule has 0 bridgehead atoms. The molecule has 0 amide bonds. The predicted octanol–water partition coefficient (Wildman–Crippen LogP) is 3.93. The van der Waals surface area contributed by atoms with Crippen LogP contribution < -0.4 is 10.1 Å². The third kappa shape index (κ3) is 4.04. The Morgan fingerprint density at radius 2 is 1.94 bits per heavy atom. The molecule has 1 aromatic heterocycles. The minimum absolute atomic E-state index is 0.152.